The molecule has 0 spiro atoms. The highest BCUT2D eigenvalue weighted by atomic mass is 19.4. The normalized spacial score (nSPS) is 14.0. The standard InChI is InChI=1S/C39H50F3N3O4/c1-3-27-48-35-14-10-15-36(49-28-4-2)34(35)13-9-16-37(46)43-23-7-8-24-45-25-21-31(22-26-45)44-38(47)33-12-6-5-11-32(33)29-17-19-30(20-18-29)39(40,41)42/h5-6,10-12,14-15,17-20,31H,3-4,7-9,13,16,21-28H2,1-2H3,(H,43,46)(H,44,47). The number of nitrogens with one attached hydrogen (secondary N) is 2. The highest BCUT2D eigenvalue weighted by molar-refractivity contribution is 6.01. The Morgan fingerprint density at radius 2 is 1.49 bits per heavy atom. The van der Waals surface area contributed by atoms with Gasteiger partial charge in [0.1, 0.15) is 11.5 Å². The monoisotopic (exact) mass is 681 g/mol. The molecule has 0 unspecified atom stereocenters. The van der Waals surface area contributed by atoms with Crippen molar-refractivity contribution in [3.05, 3.63) is 83.4 Å². The smallest absolute Gasteiger partial charge is 0.416 e. The predicted molar refractivity (Wildman–Crippen MR) is 187 cm³/mol. The lowest BCUT2D eigenvalue weighted by Gasteiger charge is -2.32. The van der Waals surface area contributed by atoms with Gasteiger partial charge in [-0.3, -0.25) is 9.59 Å². The van der Waals surface area contributed by atoms with E-state index in [1.54, 1.807) is 24.3 Å². The van der Waals surface area contributed by atoms with E-state index in [2.05, 4.69) is 29.4 Å². The minimum atomic E-state index is -4.41. The molecule has 1 heterocycles. The lowest BCUT2D eigenvalue weighted by Crippen LogP contribution is -2.45. The van der Waals surface area contributed by atoms with Gasteiger partial charge in [-0.2, -0.15) is 13.2 Å². The van der Waals surface area contributed by atoms with Gasteiger partial charge in [0.15, 0.2) is 0 Å². The average molecular weight is 682 g/mol. The number of carbonyl (C=O) groups excluding carboxylic acids is 2. The van der Waals surface area contributed by atoms with Gasteiger partial charge in [0.25, 0.3) is 5.91 Å². The Balaban J connectivity index is 1.13. The molecule has 1 aliphatic heterocycles. The van der Waals surface area contributed by atoms with Crippen LogP contribution in [0, 0.1) is 0 Å². The second-order valence-electron chi connectivity index (χ2n) is 12.6. The van der Waals surface area contributed by atoms with Crippen LogP contribution in [0.5, 0.6) is 11.5 Å². The van der Waals surface area contributed by atoms with Crippen molar-refractivity contribution in [2.45, 2.75) is 83.9 Å². The number of amides is 2. The Hall–Kier alpha value is -4.05. The number of hydrogen-bond donors (Lipinski definition) is 2. The number of hydrogen-bond acceptors (Lipinski definition) is 5. The van der Waals surface area contributed by atoms with E-state index in [-0.39, 0.29) is 17.9 Å². The summed E-state index contributed by atoms with van der Waals surface area (Å²) in [6.07, 6.45) is 2.83. The van der Waals surface area contributed by atoms with Crippen molar-refractivity contribution in [2.75, 3.05) is 39.4 Å². The maximum absolute atomic E-state index is 13.2. The van der Waals surface area contributed by atoms with Gasteiger partial charge in [-0.05, 0) is 99.4 Å². The number of halogens is 3. The number of unbranched alkanes of at least 4 members (excludes halogenated alkanes) is 1. The number of piperidine rings is 1. The minimum absolute atomic E-state index is 0.0307. The molecule has 49 heavy (non-hydrogen) atoms. The molecule has 0 atom stereocenters. The predicted octanol–water partition coefficient (Wildman–Crippen LogP) is 8.06. The van der Waals surface area contributed by atoms with E-state index in [0.29, 0.717) is 55.7 Å². The first-order chi connectivity index (χ1) is 23.7. The third-order valence-corrected chi connectivity index (χ3v) is 8.69. The summed E-state index contributed by atoms with van der Waals surface area (Å²) >= 11 is 0. The number of benzene rings is 3. The Bertz CT molecular complexity index is 1440. The molecule has 1 fully saturated rings. The van der Waals surface area contributed by atoms with Gasteiger partial charge >= 0.3 is 6.18 Å². The zero-order chi connectivity index (χ0) is 35.1. The summed E-state index contributed by atoms with van der Waals surface area (Å²) in [5.41, 5.74) is 1.93. The molecule has 3 aromatic rings. The maximum Gasteiger partial charge on any atom is 0.416 e. The molecule has 4 rings (SSSR count). The van der Waals surface area contributed by atoms with Gasteiger partial charge in [0.05, 0.1) is 18.8 Å². The van der Waals surface area contributed by atoms with Crippen LogP contribution in [0.1, 0.15) is 86.7 Å². The van der Waals surface area contributed by atoms with E-state index < -0.39 is 11.7 Å². The fraction of sp³-hybridized carbons (Fsp3) is 0.487. The molecule has 2 N–H and O–H groups in total. The fourth-order valence-electron chi connectivity index (χ4n) is 6.02. The molecule has 2 amide bonds. The second-order valence-corrected chi connectivity index (χ2v) is 12.6. The lowest BCUT2D eigenvalue weighted by molar-refractivity contribution is -0.137. The largest absolute Gasteiger partial charge is 0.493 e. The Morgan fingerprint density at radius 3 is 2.12 bits per heavy atom. The number of carbonyl (C=O) groups is 2. The van der Waals surface area contributed by atoms with Crippen LogP contribution in [0.25, 0.3) is 11.1 Å². The maximum atomic E-state index is 13.2. The molecular weight excluding hydrogens is 631 g/mol. The first-order valence-electron chi connectivity index (χ1n) is 17.6. The van der Waals surface area contributed by atoms with Crippen molar-refractivity contribution in [1.29, 1.82) is 0 Å². The highest BCUT2D eigenvalue weighted by Crippen LogP contribution is 2.33. The van der Waals surface area contributed by atoms with Crippen molar-refractivity contribution < 1.29 is 32.2 Å². The summed E-state index contributed by atoms with van der Waals surface area (Å²) in [6, 6.07) is 17.8. The molecule has 0 bridgehead atoms. The molecular formula is C39H50F3N3O4. The minimum Gasteiger partial charge on any atom is -0.493 e. The first kappa shape index (κ1) is 37.8. The van der Waals surface area contributed by atoms with Gasteiger partial charge in [-0.15, -0.1) is 0 Å². The lowest BCUT2D eigenvalue weighted by atomic mass is 9.97. The van der Waals surface area contributed by atoms with Crippen molar-refractivity contribution in [1.82, 2.24) is 15.5 Å². The highest BCUT2D eigenvalue weighted by Gasteiger charge is 2.30. The van der Waals surface area contributed by atoms with Crippen LogP contribution in [0.3, 0.4) is 0 Å². The summed E-state index contributed by atoms with van der Waals surface area (Å²) in [5, 5.41) is 6.19. The zero-order valence-electron chi connectivity index (χ0n) is 28.7. The quantitative estimate of drug-likeness (QED) is 0.133. The Morgan fingerprint density at radius 1 is 0.837 bits per heavy atom. The summed E-state index contributed by atoms with van der Waals surface area (Å²) in [5.74, 6) is 1.51. The SMILES string of the molecule is CCCOc1cccc(OCCC)c1CCCC(=O)NCCCCN1CCC(NC(=O)c2ccccc2-c2ccc(C(F)(F)F)cc2)CC1. The van der Waals surface area contributed by atoms with E-state index in [1.165, 1.54) is 12.1 Å². The molecule has 3 aromatic carbocycles. The Kier molecular flexibility index (Phi) is 14.8. The average Bonchev–Trinajstić information content (AvgIpc) is 3.10. The van der Waals surface area contributed by atoms with E-state index in [4.69, 9.17) is 9.47 Å². The third kappa shape index (κ3) is 11.8. The third-order valence-electron chi connectivity index (χ3n) is 8.69. The molecule has 266 valence electrons. The number of alkyl halides is 3. The van der Waals surface area contributed by atoms with E-state index in [0.717, 1.165) is 87.4 Å². The van der Waals surface area contributed by atoms with Crippen LogP contribution in [0.4, 0.5) is 13.2 Å². The summed E-state index contributed by atoms with van der Waals surface area (Å²) in [4.78, 5) is 28.1. The number of likely N-dealkylation sites (tertiary alicyclic amines) is 1. The molecule has 10 heteroatoms. The van der Waals surface area contributed by atoms with Crippen LogP contribution in [0.2, 0.25) is 0 Å². The van der Waals surface area contributed by atoms with Crippen molar-refractivity contribution in [2.24, 2.45) is 0 Å². The van der Waals surface area contributed by atoms with Crippen LogP contribution in [-0.4, -0.2) is 62.1 Å². The summed E-state index contributed by atoms with van der Waals surface area (Å²) in [7, 11) is 0. The van der Waals surface area contributed by atoms with Crippen molar-refractivity contribution >= 4 is 11.8 Å². The van der Waals surface area contributed by atoms with Crippen LogP contribution >= 0.6 is 0 Å². The summed E-state index contributed by atoms with van der Waals surface area (Å²) in [6.45, 7) is 8.75. The van der Waals surface area contributed by atoms with Gasteiger partial charge in [-0.25, -0.2) is 0 Å². The van der Waals surface area contributed by atoms with Gasteiger partial charge in [-0.1, -0.05) is 50.2 Å². The van der Waals surface area contributed by atoms with Crippen LogP contribution in [-0.2, 0) is 17.4 Å². The van der Waals surface area contributed by atoms with Crippen LogP contribution in [0.15, 0.2) is 66.7 Å². The zero-order valence-corrected chi connectivity index (χ0v) is 28.7. The number of ether oxygens (including phenoxy) is 2. The summed E-state index contributed by atoms with van der Waals surface area (Å²) < 4.78 is 50.9. The number of rotatable bonds is 18. The first-order valence-corrected chi connectivity index (χ1v) is 17.6. The molecule has 0 radical (unpaired) electrons. The van der Waals surface area contributed by atoms with Gasteiger partial charge in [0.2, 0.25) is 5.91 Å². The van der Waals surface area contributed by atoms with Gasteiger partial charge in [0, 0.05) is 43.2 Å². The second kappa shape index (κ2) is 19.2. The molecule has 1 saturated heterocycles. The molecule has 1 aliphatic rings. The van der Waals surface area contributed by atoms with Crippen LogP contribution < -0.4 is 20.1 Å². The van der Waals surface area contributed by atoms with Crippen molar-refractivity contribution in [3.8, 4) is 22.6 Å². The molecule has 0 saturated carbocycles. The van der Waals surface area contributed by atoms with E-state index in [1.807, 2.05) is 18.2 Å². The Labute approximate surface area is 288 Å². The molecule has 0 aromatic heterocycles. The number of nitrogens with zero attached hydrogens (tertiary/aromatic N) is 1. The molecule has 7 nitrogen and oxygen atoms in total. The van der Waals surface area contributed by atoms with Crippen molar-refractivity contribution in [3.63, 3.8) is 0 Å². The van der Waals surface area contributed by atoms with E-state index >= 15 is 0 Å². The van der Waals surface area contributed by atoms with Gasteiger partial charge < -0.3 is 25.0 Å². The molecule has 0 aliphatic carbocycles. The van der Waals surface area contributed by atoms with E-state index in [9.17, 15) is 22.8 Å². The topological polar surface area (TPSA) is 79.9 Å². The fourth-order valence-corrected chi connectivity index (χ4v) is 6.02.